The molecular weight excluding hydrogens is 260 g/mol. The lowest BCUT2D eigenvalue weighted by Crippen LogP contribution is -2.02. The second-order valence-corrected chi connectivity index (χ2v) is 4.21. The van der Waals surface area contributed by atoms with Crippen molar-refractivity contribution in [3.8, 4) is 11.6 Å². The molecule has 1 aromatic heterocycles. The number of ether oxygens (including phenoxy) is 1. The molecule has 0 radical (unpaired) electrons. The van der Waals surface area contributed by atoms with E-state index in [1.54, 1.807) is 39.2 Å². The summed E-state index contributed by atoms with van der Waals surface area (Å²) in [4.78, 5) is 18.8. The van der Waals surface area contributed by atoms with E-state index >= 15 is 0 Å². The number of nitro groups is 1. The molecule has 104 valence electrons. The molecule has 0 aliphatic carbocycles. The number of hydrogen-bond acceptors (Lipinski definition) is 6. The Morgan fingerprint density at radius 1 is 1.30 bits per heavy atom. The third kappa shape index (κ3) is 2.66. The molecule has 7 nitrogen and oxygen atoms in total. The smallest absolute Gasteiger partial charge is 0.311 e. The highest BCUT2D eigenvalue weighted by atomic mass is 16.6. The minimum absolute atomic E-state index is 0.0889. The Balaban J connectivity index is 2.47. The Labute approximate surface area is 115 Å². The fraction of sp³-hybridized carbons (Fsp3) is 0.231. The molecule has 0 fully saturated rings. The van der Waals surface area contributed by atoms with Gasteiger partial charge in [-0.1, -0.05) is 12.1 Å². The Kier molecular flexibility index (Phi) is 3.79. The number of aromatic nitrogens is 2. The molecule has 0 atom stereocenters. The van der Waals surface area contributed by atoms with Gasteiger partial charge in [-0.3, -0.25) is 10.1 Å². The van der Waals surface area contributed by atoms with E-state index in [2.05, 4.69) is 15.3 Å². The van der Waals surface area contributed by atoms with Gasteiger partial charge in [-0.15, -0.1) is 0 Å². The minimum Gasteiger partial charge on any atom is -0.431 e. The molecule has 0 saturated heterocycles. The third-order valence-electron chi connectivity index (χ3n) is 2.74. The molecular formula is C13H14N4O3. The SMILES string of the molecule is CNc1ncc(C)c(Oc2c(C)cccc2[N+](=O)[O-])n1. The summed E-state index contributed by atoms with van der Waals surface area (Å²) in [7, 11) is 1.69. The topological polar surface area (TPSA) is 90.2 Å². The summed E-state index contributed by atoms with van der Waals surface area (Å²) in [6.07, 6.45) is 1.60. The zero-order valence-electron chi connectivity index (χ0n) is 11.4. The van der Waals surface area contributed by atoms with Crippen molar-refractivity contribution in [2.75, 3.05) is 12.4 Å². The second kappa shape index (κ2) is 5.52. The lowest BCUT2D eigenvalue weighted by molar-refractivity contribution is -0.385. The number of nitrogens with one attached hydrogen (secondary N) is 1. The molecule has 20 heavy (non-hydrogen) atoms. The van der Waals surface area contributed by atoms with Crippen LogP contribution in [0.1, 0.15) is 11.1 Å². The van der Waals surface area contributed by atoms with E-state index in [-0.39, 0.29) is 11.4 Å². The first-order valence-electron chi connectivity index (χ1n) is 5.96. The van der Waals surface area contributed by atoms with E-state index in [1.165, 1.54) is 6.07 Å². The van der Waals surface area contributed by atoms with Crippen molar-refractivity contribution in [2.45, 2.75) is 13.8 Å². The van der Waals surface area contributed by atoms with Crippen LogP contribution in [0.15, 0.2) is 24.4 Å². The zero-order chi connectivity index (χ0) is 14.7. The molecule has 1 N–H and O–H groups in total. The van der Waals surface area contributed by atoms with E-state index in [4.69, 9.17) is 4.74 Å². The molecule has 0 aliphatic rings. The average molecular weight is 274 g/mol. The normalized spacial score (nSPS) is 10.2. The van der Waals surface area contributed by atoms with Crippen molar-refractivity contribution >= 4 is 11.6 Å². The number of anilines is 1. The van der Waals surface area contributed by atoms with Crippen LogP contribution in [-0.2, 0) is 0 Å². The van der Waals surface area contributed by atoms with Crippen LogP contribution in [0.25, 0.3) is 0 Å². The second-order valence-electron chi connectivity index (χ2n) is 4.21. The lowest BCUT2D eigenvalue weighted by Gasteiger charge is -2.10. The van der Waals surface area contributed by atoms with Gasteiger partial charge in [0.15, 0.2) is 0 Å². The first kappa shape index (κ1) is 13.7. The van der Waals surface area contributed by atoms with Crippen LogP contribution >= 0.6 is 0 Å². The molecule has 1 aromatic carbocycles. The standard InChI is InChI=1S/C13H14N4O3/c1-8-5-4-6-10(17(18)19)11(8)20-12-9(2)7-15-13(14-3)16-12/h4-7H,1-3H3,(H,14,15,16). The number of benzene rings is 1. The van der Waals surface area contributed by atoms with E-state index in [0.29, 0.717) is 23.0 Å². The van der Waals surface area contributed by atoms with Crippen LogP contribution in [0.3, 0.4) is 0 Å². The molecule has 2 aromatic rings. The van der Waals surface area contributed by atoms with Gasteiger partial charge in [0.05, 0.1) is 4.92 Å². The number of rotatable bonds is 4. The zero-order valence-corrected chi connectivity index (χ0v) is 11.4. The van der Waals surface area contributed by atoms with Gasteiger partial charge in [0.25, 0.3) is 0 Å². The Morgan fingerprint density at radius 3 is 2.70 bits per heavy atom. The highest BCUT2D eigenvalue weighted by molar-refractivity contribution is 5.53. The quantitative estimate of drug-likeness (QED) is 0.681. The van der Waals surface area contributed by atoms with Crippen molar-refractivity contribution in [3.05, 3.63) is 45.6 Å². The highest BCUT2D eigenvalue weighted by Crippen LogP contribution is 2.34. The van der Waals surface area contributed by atoms with Crippen LogP contribution < -0.4 is 10.1 Å². The number of hydrogen-bond donors (Lipinski definition) is 1. The minimum atomic E-state index is -0.474. The Bertz CT molecular complexity index is 658. The largest absolute Gasteiger partial charge is 0.431 e. The van der Waals surface area contributed by atoms with E-state index in [0.717, 1.165) is 0 Å². The predicted octanol–water partition coefficient (Wildman–Crippen LogP) is 2.84. The lowest BCUT2D eigenvalue weighted by atomic mass is 10.2. The summed E-state index contributed by atoms with van der Waals surface area (Å²) in [5, 5.41) is 13.8. The van der Waals surface area contributed by atoms with Gasteiger partial charge in [-0.25, -0.2) is 4.98 Å². The fourth-order valence-electron chi connectivity index (χ4n) is 1.66. The van der Waals surface area contributed by atoms with Crippen LogP contribution in [0.2, 0.25) is 0 Å². The van der Waals surface area contributed by atoms with Crippen LogP contribution in [0, 0.1) is 24.0 Å². The van der Waals surface area contributed by atoms with Crippen molar-refractivity contribution in [3.63, 3.8) is 0 Å². The van der Waals surface area contributed by atoms with Gasteiger partial charge < -0.3 is 10.1 Å². The van der Waals surface area contributed by atoms with Crippen molar-refractivity contribution in [1.82, 2.24) is 9.97 Å². The highest BCUT2D eigenvalue weighted by Gasteiger charge is 2.19. The van der Waals surface area contributed by atoms with E-state index in [9.17, 15) is 10.1 Å². The molecule has 0 amide bonds. The van der Waals surface area contributed by atoms with E-state index < -0.39 is 4.92 Å². The van der Waals surface area contributed by atoms with Gasteiger partial charge in [0.2, 0.25) is 17.6 Å². The van der Waals surface area contributed by atoms with Crippen molar-refractivity contribution in [1.29, 1.82) is 0 Å². The Morgan fingerprint density at radius 2 is 2.05 bits per heavy atom. The molecule has 0 aliphatic heterocycles. The summed E-state index contributed by atoms with van der Waals surface area (Å²) < 4.78 is 5.64. The monoisotopic (exact) mass is 274 g/mol. The predicted molar refractivity (Wildman–Crippen MR) is 74.2 cm³/mol. The number of para-hydroxylation sites is 1. The maximum absolute atomic E-state index is 11.1. The average Bonchev–Trinajstić information content (AvgIpc) is 2.43. The molecule has 0 spiro atoms. The van der Waals surface area contributed by atoms with E-state index in [1.807, 2.05) is 0 Å². The van der Waals surface area contributed by atoms with Crippen LogP contribution in [0.4, 0.5) is 11.6 Å². The summed E-state index contributed by atoms with van der Waals surface area (Å²) in [5.74, 6) is 0.880. The van der Waals surface area contributed by atoms with Gasteiger partial charge >= 0.3 is 5.69 Å². The van der Waals surface area contributed by atoms with Gasteiger partial charge in [0.1, 0.15) is 0 Å². The van der Waals surface area contributed by atoms with Crippen LogP contribution in [-0.4, -0.2) is 21.9 Å². The fourth-order valence-corrected chi connectivity index (χ4v) is 1.66. The third-order valence-corrected chi connectivity index (χ3v) is 2.74. The molecule has 0 unspecified atom stereocenters. The van der Waals surface area contributed by atoms with Gasteiger partial charge in [-0.05, 0) is 19.4 Å². The van der Waals surface area contributed by atoms with Gasteiger partial charge in [0, 0.05) is 24.9 Å². The number of nitro benzene ring substituents is 1. The molecule has 0 saturated carbocycles. The first-order chi connectivity index (χ1) is 9.52. The summed E-state index contributed by atoms with van der Waals surface area (Å²) >= 11 is 0. The number of nitrogens with zero attached hydrogens (tertiary/aromatic N) is 3. The maximum Gasteiger partial charge on any atom is 0.311 e. The molecule has 2 rings (SSSR count). The van der Waals surface area contributed by atoms with Crippen LogP contribution in [0.5, 0.6) is 11.6 Å². The first-order valence-corrected chi connectivity index (χ1v) is 5.96. The molecule has 7 heteroatoms. The van der Waals surface area contributed by atoms with Crippen molar-refractivity contribution < 1.29 is 9.66 Å². The number of aryl methyl sites for hydroxylation is 2. The summed E-state index contributed by atoms with van der Waals surface area (Å²) in [6, 6.07) is 4.77. The maximum atomic E-state index is 11.1. The molecule has 1 heterocycles. The summed E-state index contributed by atoms with van der Waals surface area (Å²) in [5.41, 5.74) is 1.28. The molecule has 0 bridgehead atoms. The Hall–Kier alpha value is -2.70. The van der Waals surface area contributed by atoms with Gasteiger partial charge in [-0.2, -0.15) is 4.98 Å². The van der Waals surface area contributed by atoms with Crippen molar-refractivity contribution in [2.24, 2.45) is 0 Å². The summed E-state index contributed by atoms with van der Waals surface area (Å²) in [6.45, 7) is 3.52.